The van der Waals surface area contributed by atoms with Crippen LogP contribution >= 0.6 is 23.4 Å². The van der Waals surface area contributed by atoms with Crippen LogP contribution in [0.15, 0.2) is 24.3 Å². The number of carbonyl (C=O) groups excluding carboxylic acids is 1. The monoisotopic (exact) mass is 299 g/mol. The summed E-state index contributed by atoms with van der Waals surface area (Å²) in [4.78, 5) is 12.0. The molecule has 1 aromatic rings. The lowest BCUT2D eigenvalue weighted by atomic mass is 9.96. The van der Waals surface area contributed by atoms with Crippen LogP contribution in [-0.2, 0) is 11.2 Å². The molecule has 1 heterocycles. The molecule has 1 aliphatic heterocycles. The maximum atomic E-state index is 12.0. The SMILES string of the molecule is O=C(NCCc1ccc(Cl)cc1)C1(O)CCSCC1. The predicted molar refractivity (Wildman–Crippen MR) is 79.7 cm³/mol. The van der Waals surface area contributed by atoms with Gasteiger partial charge in [-0.25, -0.2) is 0 Å². The summed E-state index contributed by atoms with van der Waals surface area (Å²) in [5.41, 5.74) is -0.0403. The number of hydrogen-bond acceptors (Lipinski definition) is 3. The van der Waals surface area contributed by atoms with E-state index < -0.39 is 5.60 Å². The maximum Gasteiger partial charge on any atom is 0.252 e. The second-order valence-electron chi connectivity index (χ2n) is 4.78. The lowest BCUT2D eigenvalue weighted by Gasteiger charge is -2.30. The van der Waals surface area contributed by atoms with Crippen molar-refractivity contribution < 1.29 is 9.90 Å². The van der Waals surface area contributed by atoms with Crippen molar-refractivity contribution in [1.82, 2.24) is 5.32 Å². The molecule has 2 rings (SSSR count). The third-order valence-corrected chi connectivity index (χ3v) is 4.59. The Morgan fingerprint density at radius 1 is 1.32 bits per heavy atom. The zero-order valence-corrected chi connectivity index (χ0v) is 12.3. The molecule has 1 fully saturated rings. The Hall–Kier alpha value is -0.710. The Morgan fingerprint density at radius 3 is 2.58 bits per heavy atom. The fourth-order valence-corrected chi connectivity index (χ4v) is 3.37. The molecule has 0 aliphatic carbocycles. The van der Waals surface area contributed by atoms with Crippen LogP contribution in [0.1, 0.15) is 18.4 Å². The summed E-state index contributed by atoms with van der Waals surface area (Å²) < 4.78 is 0. The first-order valence-corrected chi connectivity index (χ1v) is 7.96. The highest BCUT2D eigenvalue weighted by atomic mass is 35.5. The van der Waals surface area contributed by atoms with Gasteiger partial charge in [-0.15, -0.1) is 0 Å². The molecule has 0 spiro atoms. The molecule has 2 N–H and O–H groups in total. The van der Waals surface area contributed by atoms with E-state index in [1.54, 1.807) is 11.8 Å². The van der Waals surface area contributed by atoms with Crippen molar-refractivity contribution in [2.75, 3.05) is 18.1 Å². The van der Waals surface area contributed by atoms with E-state index >= 15 is 0 Å². The van der Waals surface area contributed by atoms with Gasteiger partial charge in [0, 0.05) is 11.6 Å². The zero-order valence-electron chi connectivity index (χ0n) is 10.7. The second kappa shape index (κ2) is 6.64. The molecule has 3 nitrogen and oxygen atoms in total. The zero-order chi connectivity index (χ0) is 13.7. The molecule has 1 aliphatic rings. The number of benzene rings is 1. The first-order valence-electron chi connectivity index (χ1n) is 6.43. The number of halogens is 1. The summed E-state index contributed by atoms with van der Waals surface area (Å²) in [6.07, 6.45) is 1.84. The topological polar surface area (TPSA) is 49.3 Å². The highest BCUT2D eigenvalue weighted by molar-refractivity contribution is 7.99. The molecule has 0 unspecified atom stereocenters. The lowest BCUT2D eigenvalue weighted by molar-refractivity contribution is -0.140. The van der Waals surface area contributed by atoms with Gasteiger partial charge in [-0.2, -0.15) is 11.8 Å². The van der Waals surface area contributed by atoms with Crippen molar-refractivity contribution in [3.05, 3.63) is 34.9 Å². The molecule has 0 atom stereocenters. The third-order valence-electron chi connectivity index (χ3n) is 3.36. The lowest BCUT2D eigenvalue weighted by Crippen LogP contribution is -2.49. The van der Waals surface area contributed by atoms with Gasteiger partial charge in [0.15, 0.2) is 0 Å². The quantitative estimate of drug-likeness (QED) is 0.896. The molecule has 1 aromatic carbocycles. The van der Waals surface area contributed by atoms with Gasteiger partial charge in [0.05, 0.1) is 0 Å². The number of hydrogen-bond donors (Lipinski definition) is 2. The number of nitrogens with one attached hydrogen (secondary N) is 1. The number of carbonyl (C=O) groups is 1. The maximum absolute atomic E-state index is 12.0. The van der Waals surface area contributed by atoms with Crippen LogP contribution in [0.5, 0.6) is 0 Å². The van der Waals surface area contributed by atoms with Crippen LogP contribution in [-0.4, -0.2) is 34.7 Å². The van der Waals surface area contributed by atoms with Crippen molar-refractivity contribution in [1.29, 1.82) is 0 Å². The molecular formula is C14H18ClNO2S. The normalized spacial score (nSPS) is 18.0. The minimum Gasteiger partial charge on any atom is -0.380 e. The van der Waals surface area contributed by atoms with Crippen LogP contribution in [0, 0.1) is 0 Å². The number of aliphatic hydroxyl groups is 1. The molecule has 19 heavy (non-hydrogen) atoms. The predicted octanol–water partition coefficient (Wildman–Crippen LogP) is 2.26. The molecule has 1 saturated heterocycles. The summed E-state index contributed by atoms with van der Waals surface area (Å²) in [6, 6.07) is 7.57. The fourth-order valence-electron chi connectivity index (χ4n) is 2.07. The smallest absolute Gasteiger partial charge is 0.252 e. The largest absolute Gasteiger partial charge is 0.380 e. The first-order chi connectivity index (χ1) is 9.10. The fraction of sp³-hybridized carbons (Fsp3) is 0.500. The molecule has 5 heteroatoms. The Balaban J connectivity index is 1.78. The van der Waals surface area contributed by atoms with Crippen LogP contribution < -0.4 is 5.32 Å². The van der Waals surface area contributed by atoms with E-state index in [9.17, 15) is 9.90 Å². The van der Waals surface area contributed by atoms with E-state index in [2.05, 4.69) is 5.32 Å². The van der Waals surface area contributed by atoms with Crippen LogP contribution in [0.2, 0.25) is 5.02 Å². The van der Waals surface area contributed by atoms with Gasteiger partial charge in [-0.05, 0) is 48.5 Å². The van der Waals surface area contributed by atoms with Crippen molar-refractivity contribution in [2.45, 2.75) is 24.9 Å². The van der Waals surface area contributed by atoms with Crippen LogP contribution in [0.4, 0.5) is 0 Å². The highest BCUT2D eigenvalue weighted by Crippen LogP contribution is 2.26. The molecule has 0 aromatic heterocycles. The Morgan fingerprint density at radius 2 is 1.95 bits per heavy atom. The molecular weight excluding hydrogens is 282 g/mol. The van der Waals surface area contributed by atoms with Crippen molar-refractivity contribution >= 4 is 29.3 Å². The van der Waals surface area contributed by atoms with E-state index in [0.29, 0.717) is 24.4 Å². The van der Waals surface area contributed by atoms with Gasteiger partial charge in [0.1, 0.15) is 5.60 Å². The van der Waals surface area contributed by atoms with E-state index in [4.69, 9.17) is 11.6 Å². The summed E-state index contributed by atoms with van der Waals surface area (Å²) >= 11 is 7.60. The first kappa shape index (κ1) is 14.7. The summed E-state index contributed by atoms with van der Waals surface area (Å²) in [5, 5.41) is 13.8. The molecule has 0 bridgehead atoms. The molecule has 0 saturated carbocycles. The van der Waals surface area contributed by atoms with Gasteiger partial charge in [0.2, 0.25) is 0 Å². The van der Waals surface area contributed by atoms with Crippen molar-refractivity contribution in [3.8, 4) is 0 Å². The Bertz CT molecular complexity index is 430. The second-order valence-corrected chi connectivity index (χ2v) is 6.44. The highest BCUT2D eigenvalue weighted by Gasteiger charge is 2.36. The van der Waals surface area contributed by atoms with Crippen molar-refractivity contribution in [2.24, 2.45) is 0 Å². The molecule has 1 amide bonds. The molecule has 104 valence electrons. The van der Waals surface area contributed by atoms with E-state index in [0.717, 1.165) is 23.5 Å². The van der Waals surface area contributed by atoms with E-state index in [-0.39, 0.29) is 5.91 Å². The van der Waals surface area contributed by atoms with Crippen LogP contribution in [0.3, 0.4) is 0 Å². The summed E-state index contributed by atoms with van der Waals surface area (Å²) in [6.45, 7) is 0.538. The Labute approximate surface area is 122 Å². The van der Waals surface area contributed by atoms with Crippen LogP contribution in [0.25, 0.3) is 0 Å². The minimum absolute atomic E-state index is 0.234. The number of rotatable bonds is 4. The average molecular weight is 300 g/mol. The number of thioether (sulfide) groups is 1. The van der Waals surface area contributed by atoms with Gasteiger partial charge in [0.25, 0.3) is 5.91 Å². The van der Waals surface area contributed by atoms with Gasteiger partial charge in [-0.1, -0.05) is 23.7 Å². The standard InChI is InChI=1S/C14H18ClNO2S/c15-12-3-1-11(2-4-12)5-8-16-13(17)14(18)6-9-19-10-7-14/h1-4,18H,5-10H2,(H,16,17). The van der Waals surface area contributed by atoms with E-state index in [1.807, 2.05) is 24.3 Å². The van der Waals surface area contributed by atoms with Gasteiger partial charge in [-0.3, -0.25) is 4.79 Å². The minimum atomic E-state index is -1.16. The van der Waals surface area contributed by atoms with Crippen molar-refractivity contribution in [3.63, 3.8) is 0 Å². The van der Waals surface area contributed by atoms with Gasteiger partial charge < -0.3 is 10.4 Å². The van der Waals surface area contributed by atoms with Gasteiger partial charge >= 0.3 is 0 Å². The molecule has 0 radical (unpaired) electrons. The number of amides is 1. The summed E-state index contributed by atoms with van der Waals surface area (Å²) in [7, 11) is 0. The van der Waals surface area contributed by atoms with E-state index in [1.165, 1.54) is 0 Å². The Kier molecular flexibility index (Phi) is 5.13. The summed E-state index contributed by atoms with van der Waals surface area (Å²) in [5.74, 6) is 1.46. The average Bonchev–Trinajstić information content (AvgIpc) is 2.42. The third kappa shape index (κ3) is 4.13.